The molecule has 0 bridgehead atoms. The molecule has 1 saturated heterocycles. The summed E-state index contributed by atoms with van der Waals surface area (Å²) in [5.41, 5.74) is 1.33. The van der Waals surface area contributed by atoms with E-state index in [9.17, 15) is 14.4 Å². The van der Waals surface area contributed by atoms with E-state index in [2.05, 4.69) is 4.74 Å². The number of carbonyl (C=O) groups is 3. The van der Waals surface area contributed by atoms with Crippen LogP contribution < -0.4 is 9.47 Å². The Hall–Kier alpha value is -2.68. The van der Waals surface area contributed by atoms with Crippen LogP contribution in [0.25, 0.3) is 6.08 Å². The van der Waals surface area contributed by atoms with Crippen molar-refractivity contribution in [1.82, 2.24) is 4.90 Å². The molecule has 168 valence electrons. The first-order chi connectivity index (χ1) is 15.3. The number of amides is 2. The molecule has 1 aliphatic heterocycles. The van der Waals surface area contributed by atoms with Crippen LogP contribution in [0.3, 0.4) is 0 Å². The highest BCUT2D eigenvalue weighted by Gasteiger charge is 2.35. The van der Waals surface area contributed by atoms with Gasteiger partial charge in [-0.25, -0.2) is 4.79 Å². The molecule has 2 aromatic rings. The lowest BCUT2D eigenvalue weighted by Gasteiger charge is -2.13. The highest BCUT2D eigenvalue weighted by atomic mass is 35.5. The average molecular weight is 496 g/mol. The largest absolute Gasteiger partial charge is 0.490 e. The third-order valence-corrected chi connectivity index (χ3v) is 5.98. The molecule has 0 aromatic heterocycles. The SMILES string of the molecule is CCOc1cc(/C=C2\SC(=O)N(Cc3ccc(Cl)c(Cl)c3)C2=O)ccc1OCC(=O)OC. The molecule has 10 heteroatoms. The Kier molecular flexibility index (Phi) is 8.06. The molecular weight excluding hydrogens is 477 g/mol. The van der Waals surface area contributed by atoms with Gasteiger partial charge >= 0.3 is 5.97 Å². The van der Waals surface area contributed by atoms with Gasteiger partial charge in [-0.1, -0.05) is 35.3 Å². The van der Waals surface area contributed by atoms with Crippen molar-refractivity contribution in [3.8, 4) is 11.5 Å². The van der Waals surface area contributed by atoms with E-state index in [1.807, 2.05) is 6.92 Å². The van der Waals surface area contributed by atoms with E-state index in [1.165, 1.54) is 7.11 Å². The number of carbonyl (C=O) groups excluding carboxylic acids is 3. The van der Waals surface area contributed by atoms with E-state index >= 15 is 0 Å². The van der Waals surface area contributed by atoms with Crippen LogP contribution >= 0.6 is 35.0 Å². The molecule has 0 saturated carbocycles. The monoisotopic (exact) mass is 495 g/mol. The Morgan fingerprint density at radius 3 is 2.53 bits per heavy atom. The highest BCUT2D eigenvalue weighted by molar-refractivity contribution is 8.18. The van der Waals surface area contributed by atoms with Crippen LogP contribution in [0.15, 0.2) is 41.3 Å². The minimum Gasteiger partial charge on any atom is -0.490 e. The molecule has 2 aromatic carbocycles. The van der Waals surface area contributed by atoms with Crippen LogP contribution in [-0.2, 0) is 20.9 Å². The smallest absolute Gasteiger partial charge is 0.343 e. The quantitative estimate of drug-likeness (QED) is 0.368. The van der Waals surface area contributed by atoms with Crippen LogP contribution in [0.2, 0.25) is 10.0 Å². The Balaban J connectivity index is 1.79. The molecule has 1 fully saturated rings. The summed E-state index contributed by atoms with van der Waals surface area (Å²) in [4.78, 5) is 38.0. The van der Waals surface area contributed by atoms with E-state index in [4.69, 9.17) is 32.7 Å². The first-order valence-corrected chi connectivity index (χ1v) is 11.1. The van der Waals surface area contributed by atoms with Gasteiger partial charge < -0.3 is 14.2 Å². The molecule has 2 amide bonds. The van der Waals surface area contributed by atoms with Crippen LogP contribution in [0, 0.1) is 0 Å². The van der Waals surface area contributed by atoms with Crippen molar-refractivity contribution in [2.45, 2.75) is 13.5 Å². The van der Waals surface area contributed by atoms with Gasteiger partial charge in [-0.3, -0.25) is 14.5 Å². The second-order valence-electron chi connectivity index (χ2n) is 6.52. The molecule has 0 N–H and O–H groups in total. The van der Waals surface area contributed by atoms with Crippen LogP contribution in [0.4, 0.5) is 4.79 Å². The zero-order chi connectivity index (χ0) is 23.3. The Morgan fingerprint density at radius 1 is 1.06 bits per heavy atom. The number of halogens is 2. The van der Waals surface area contributed by atoms with Crippen LogP contribution in [0.1, 0.15) is 18.1 Å². The van der Waals surface area contributed by atoms with Gasteiger partial charge in [-0.2, -0.15) is 0 Å². The van der Waals surface area contributed by atoms with E-state index in [-0.39, 0.29) is 23.3 Å². The number of rotatable bonds is 8. The summed E-state index contributed by atoms with van der Waals surface area (Å²) < 4.78 is 15.6. The fourth-order valence-corrected chi connectivity index (χ4v) is 3.96. The molecule has 0 aliphatic carbocycles. The average Bonchev–Trinajstić information content (AvgIpc) is 3.03. The van der Waals surface area contributed by atoms with Gasteiger partial charge in [0.2, 0.25) is 0 Å². The Bertz CT molecular complexity index is 1090. The number of methoxy groups -OCH3 is 1. The number of benzene rings is 2. The zero-order valence-corrected chi connectivity index (χ0v) is 19.6. The fourth-order valence-electron chi connectivity index (χ4n) is 2.81. The van der Waals surface area contributed by atoms with Crippen molar-refractivity contribution in [3.63, 3.8) is 0 Å². The number of thioether (sulfide) groups is 1. The fraction of sp³-hybridized carbons (Fsp3) is 0.227. The third-order valence-electron chi connectivity index (χ3n) is 4.34. The summed E-state index contributed by atoms with van der Waals surface area (Å²) in [5.74, 6) is -0.162. The maximum absolute atomic E-state index is 12.8. The Morgan fingerprint density at radius 2 is 1.84 bits per heavy atom. The molecule has 7 nitrogen and oxygen atoms in total. The van der Waals surface area contributed by atoms with Crippen molar-refractivity contribution >= 4 is 58.2 Å². The summed E-state index contributed by atoms with van der Waals surface area (Å²) in [6, 6.07) is 9.94. The molecule has 0 unspecified atom stereocenters. The van der Waals surface area contributed by atoms with Gasteiger partial charge in [0.1, 0.15) is 0 Å². The second-order valence-corrected chi connectivity index (χ2v) is 8.33. The first-order valence-electron chi connectivity index (χ1n) is 9.48. The van der Waals surface area contributed by atoms with Gasteiger partial charge in [0.15, 0.2) is 18.1 Å². The third kappa shape index (κ3) is 5.76. The molecule has 0 spiro atoms. The van der Waals surface area contributed by atoms with Gasteiger partial charge in [0.05, 0.1) is 35.2 Å². The summed E-state index contributed by atoms with van der Waals surface area (Å²) in [6.45, 7) is 2.01. The summed E-state index contributed by atoms with van der Waals surface area (Å²) in [6.07, 6.45) is 1.60. The van der Waals surface area contributed by atoms with Gasteiger partial charge in [0.25, 0.3) is 11.1 Å². The van der Waals surface area contributed by atoms with Gasteiger partial charge in [0, 0.05) is 0 Å². The molecule has 0 atom stereocenters. The zero-order valence-electron chi connectivity index (χ0n) is 17.2. The van der Waals surface area contributed by atoms with E-state index in [1.54, 1.807) is 42.5 Å². The van der Waals surface area contributed by atoms with Crippen LogP contribution in [0.5, 0.6) is 11.5 Å². The van der Waals surface area contributed by atoms with E-state index < -0.39 is 11.9 Å². The molecular formula is C22H19Cl2NO6S. The number of esters is 1. The number of nitrogens with zero attached hydrogens (tertiary/aromatic N) is 1. The van der Waals surface area contributed by atoms with Crippen LogP contribution in [-0.4, -0.2) is 42.3 Å². The van der Waals surface area contributed by atoms with Crippen molar-refractivity contribution in [3.05, 3.63) is 62.5 Å². The Labute approximate surface area is 199 Å². The maximum Gasteiger partial charge on any atom is 0.343 e. The molecule has 0 radical (unpaired) electrons. The molecule has 3 rings (SSSR count). The number of hydrogen-bond acceptors (Lipinski definition) is 7. The van der Waals surface area contributed by atoms with E-state index in [0.717, 1.165) is 16.7 Å². The summed E-state index contributed by atoms with van der Waals surface area (Å²) in [7, 11) is 1.27. The normalized spacial score (nSPS) is 14.8. The lowest BCUT2D eigenvalue weighted by molar-refractivity contribution is -0.142. The maximum atomic E-state index is 12.8. The molecule has 1 heterocycles. The lowest BCUT2D eigenvalue weighted by Crippen LogP contribution is -2.27. The standard InChI is InChI=1S/C22H19Cl2NO6S/c1-3-30-18-9-13(5-7-17(18)31-12-20(26)29-2)10-19-21(27)25(22(28)32-19)11-14-4-6-15(23)16(24)8-14/h4-10H,3,11-12H2,1-2H3/b19-10-. The summed E-state index contributed by atoms with van der Waals surface area (Å²) in [5, 5.41) is 0.369. The first kappa shape index (κ1) is 24.0. The van der Waals surface area contributed by atoms with E-state index in [0.29, 0.717) is 39.3 Å². The van der Waals surface area contributed by atoms with Gasteiger partial charge in [-0.15, -0.1) is 0 Å². The minimum absolute atomic E-state index is 0.0867. The van der Waals surface area contributed by atoms with Crippen molar-refractivity contribution in [2.24, 2.45) is 0 Å². The highest BCUT2D eigenvalue weighted by Crippen LogP contribution is 2.36. The topological polar surface area (TPSA) is 82.1 Å². The molecule has 32 heavy (non-hydrogen) atoms. The lowest BCUT2D eigenvalue weighted by atomic mass is 10.1. The molecule has 1 aliphatic rings. The predicted molar refractivity (Wildman–Crippen MR) is 123 cm³/mol. The van der Waals surface area contributed by atoms with Crippen molar-refractivity contribution in [1.29, 1.82) is 0 Å². The van der Waals surface area contributed by atoms with Crippen molar-refractivity contribution < 1.29 is 28.6 Å². The second kappa shape index (κ2) is 10.8. The van der Waals surface area contributed by atoms with Gasteiger partial charge in [-0.05, 0) is 60.2 Å². The minimum atomic E-state index is -0.521. The number of hydrogen-bond donors (Lipinski definition) is 0. The number of imide groups is 1. The van der Waals surface area contributed by atoms with Crippen molar-refractivity contribution in [2.75, 3.05) is 20.3 Å². The summed E-state index contributed by atoms with van der Waals surface area (Å²) >= 11 is 12.8. The predicted octanol–water partition coefficient (Wildman–Crippen LogP) is 5.18. The number of ether oxygens (including phenoxy) is 3.